The second kappa shape index (κ2) is 6.88. The van der Waals surface area contributed by atoms with E-state index in [2.05, 4.69) is 15.4 Å². The number of hydrogen-bond donors (Lipinski definition) is 1. The average Bonchev–Trinajstić information content (AvgIpc) is 3.15. The summed E-state index contributed by atoms with van der Waals surface area (Å²) < 4.78 is 7.37. The van der Waals surface area contributed by atoms with Gasteiger partial charge in [0.05, 0.1) is 23.0 Å². The Bertz CT molecular complexity index is 855. The van der Waals surface area contributed by atoms with Crippen LogP contribution >= 0.6 is 11.6 Å². The SMILES string of the molecule is Cc1nn(Cc2ccc(C(=O)NCc3cccnc3)o2)c(C)c1Cl. The zero-order chi connectivity index (χ0) is 17.1. The van der Waals surface area contributed by atoms with Crippen molar-refractivity contribution in [2.75, 3.05) is 0 Å². The fraction of sp³-hybridized carbons (Fsp3) is 0.235. The Labute approximate surface area is 144 Å². The number of carbonyl (C=O) groups excluding carboxylic acids is 1. The van der Waals surface area contributed by atoms with Crippen molar-refractivity contribution in [2.24, 2.45) is 0 Å². The largest absolute Gasteiger partial charge is 0.454 e. The number of nitrogens with zero attached hydrogens (tertiary/aromatic N) is 3. The number of nitrogens with one attached hydrogen (secondary N) is 1. The van der Waals surface area contributed by atoms with Crippen molar-refractivity contribution in [3.63, 3.8) is 0 Å². The number of hydrogen-bond acceptors (Lipinski definition) is 4. The second-order valence-electron chi connectivity index (χ2n) is 5.45. The Morgan fingerprint density at radius 3 is 2.83 bits per heavy atom. The predicted molar refractivity (Wildman–Crippen MR) is 89.9 cm³/mol. The van der Waals surface area contributed by atoms with Crippen LogP contribution in [0.3, 0.4) is 0 Å². The summed E-state index contributed by atoms with van der Waals surface area (Å²) in [6, 6.07) is 7.14. The van der Waals surface area contributed by atoms with E-state index < -0.39 is 0 Å². The molecule has 7 heteroatoms. The van der Waals surface area contributed by atoms with E-state index in [9.17, 15) is 4.79 Å². The fourth-order valence-corrected chi connectivity index (χ4v) is 2.47. The van der Waals surface area contributed by atoms with Crippen molar-refractivity contribution in [2.45, 2.75) is 26.9 Å². The molecule has 6 nitrogen and oxygen atoms in total. The normalized spacial score (nSPS) is 10.8. The van der Waals surface area contributed by atoms with Crippen molar-refractivity contribution in [3.8, 4) is 0 Å². The summed E-state index contributed by atoms with van der Waals surface area (Å²) in [7, 11) is 0. The van der Waals surface area contributed by atoms with Gasteiger partial charge in [-0.1, -0.05) is 17.7 Å². The van der Waals surface area contributed by atoms with Crippen LogP contribution < -0.4 is 5.32 Å². The lowest BCUT2D eigenvalue weighted by atomic mass is 10.3. The molecule has 0 fully saturated rings. The van der Waals surface area contributed by atoms with Gasteiger partial charge in [-0.15, -0.1) is 0 Å². The molecule has 3 rings (SSSR count). The van der Waals surface area contributed by atoms with Crippen molar-refractivity contribution < 1.29 is 9.21 Å². The van der Waals surface area contributed by atoms with Gasteiger partial charge in [-0.3, -0.25) is 14.5 Å². The molecule has 0 aliphatic carbocycles. The van der Waals surface area contributed by atoms with Crippen LogP contribution in [0.4, 0.5) is 0 Å². The van der Waals surface area contributed by atoms with Crippen LogP contribution in [0.25, 0.3) is 0 Å². The first kappa shape index (κ1) is 16.3. The predicted octanol–water partition coefficient (Wildman–Crippen LogP) is 3.12. The average molecular weight is 345 g/mol. The Kier molecular flexibility index (Phi) is 4.66. The molecule has 0 radical (unpaired) electrons. The first-order valence-corrected chi connectivity index (χ1v) is 7.87. The molecule has 0 saturated carbocycles. The van der Waals surface area contributed by atoms with E-state index in [0.717, 1.165) is 17.0 Å². The van der Waals surface area contributed by atoms with Gasteiger partial charge >= 0.3 is 0 Å². The van der Waals surface area contributed by atoms with Gasteiger partial charge in [-0.2, -0.15) is 5.10 Å². The summed E-state index contributed by atoms with van der Waals surface area (Å²) in [6.07, 6.45) is 3.40. The van der Waals surface area contributed by atoms with Gasteiger partial charge in [-0.25, -0.2) is 0 Å². The topological polar surface area (TPSA) is 73.0 Å². The van der Waals surface area contributed by atoms with Gasteiger partial charge < -0.3 is 9.73 Å². The second-order valence-corrected chi connectivity index (χ2v) is 5.83. The molecule has 0 aliphatic rings. The molecule has 0 aliphatic heterocycles. The highest BCUT2D eigenvalue weighted by Crippen LogP contribution is 2.20. The molecular formula is C17H17ClN4O2. The van der Waals surface area contributed by atoms with Crippen LogP contribution in [0.15, 0.2) is 41.1 Å². The molecule has 3 aromatic heterocycles. The molecule has 1 N–H and O–H groups in total. The minimum atomic E-state index is -0.267. The van der Waals surface area contributed by atoms with Gasteiger partial charge in [0.2, 0.25) is 0 Å². The van der Waals surface area contributed by atoms with Crippen LogP contribution in [0.2, 0.25) is 5.02 Å². The first-order valence-electron chi connectivity index (χ1n) is 7.50. The summed E-state index contributed by atoms with van der Waals surface area (Å²) in [5, 5.41) is 7.80. The Morgan fingerprint density at radius 1 is 1.33 bits per heavy atom. The van der Waals surface area contributed by atoms with Gasteiger partial charge in [0.1, 0.15) is 5.76 Å². The van der Waals surface area contributed by atoms with Crippen molar-refractivity contribution in [1.29, 1.82) is 0 Å². The standard InChI is InChI=1S/C17H17ClN4O2/c1-11-16(18)12(2)22(21-11)10-14-5-6-15(24-14)17(23)20-9-13-4-3-7-19-8-13/h3-8H,9-10H2,1-2H3,(H,20,23). The monoisotopic (exact) mass is 344 g/mol. The molecular weight excluding hydrogens is 328 g/mol. The summed E-state index contributed by atoms with van der Waals surface area (Å²) in [5.41, 5.74) is 2.57. The number of carbonyl (C=O) groups is 1. The summed E-state index contributed by atoms with van der Waals surface area (Å²) in [5.74, 6) is 0.641. The molecule has 0 spiro atoms. The quantitative estimate of drug-likeness (QED) is 0.771. The minimum absolute atomic E-state index is 0.265. The number of furan rings is 1. The molecule has 0 saturated heterocycles. The number of aromatic nitrogens is 3. The number of pyridine rings is 1. The van der Waals surface area contributed by atoms with E-state index in [1.165, 1.54) is 0 Å². The zero-order valence-corrected chi connectivity index (χ0v) is 14.2. The van der Waals surface area contributed by atoms with Crippen LogP contribution in [0.5, 0.6) is 0 Å². The lowest BCUT2D eigenvalue weighted by Crippen LogP contribution is -2.22. The van der Waals surface area contributed by atoms with E-state index in [4.69, 9.17) is 16.0 Å². The van der Waals surface area contributed by atoms with Crippen molar-refractivity contribution >= 4 is 17.5 Å². The smallest absolute Gasteiger partial charge is 0.287 e. The minimum Gasteiger partial charge on any atom is -0.454 e. The molecule has 24 heavy (non-hydrogen) atoms. The number of amides is 1. The molecule has 124 valence electrons. The van der Waals surface area contributed by atoms with Gasteiger partial charge in [0, 0.05) is 18.9 Å². The highest BCUT2D eigenvalue weighted by atomic mass is 35.5. The lowest BCUT2D eigenvalue weighted by molar-refractivity contribution is 0.0921. The number of rotatable bonds is 5. The lowest BCUT2D eigenvalue weighted by Gasteiger charge is -2.03. The molecule has 0 bridgehead atoms. The van der Waals surface area contributed by atoms with Crippen LogP contribution in [0.1, 0.15) is 33.3 Å². The Balaban J connectivity index is 1.64. The third kappa shape index (κ3) is 3.49. The third-order valence-electron chi connectivity index (χ3n) is 3.66. The first-order chi connectivity index (χ1) is 11.5. The molecule has 3 aromatic rings. The third-order valence-corrected chi connectivity index (χ3v) is 4.21. The maximum Gasteiger partial charge on any atom is 0.287 e. The molecule has 0 aromatic carbocycles. The fourth-order valence-electron chi connectivity index (χ4n) is 2.33. The van der Waals surface area contributed by atoms with Gasteiger partial charge in [0.25, 0.3) is 5.91 Å². The van der Waals surface area contributed by atoms with Crippen molar-refractivity contribution in [3.05, 3.63) is 70.2 Å². The molecule has 1 amide bonds. The van der Waals surface area contributed by atoms with Crippen LogP contribution in [-0.4, -0.2) is 20.7 Å². The van der Waals surface area contributed by atoms with Crippen molar-refractivity contribution in [1.82, 2.24) is 20.1 Å². The van der Waals surface area contributed by atoms with Crippen LogP contribution in [0, 0.1) is 13.8 Å². The number of aryl methyl sites for hydroxylation is 1. The summed E-state index contributed by atoms with van der Waals surface area (Å²) in [6.45, 7) is 4.57. The van der Waals surface area contributed by atoms with E-state index in [-0.39, 0.29) is 11.7 Å². The van der Waals surface area contributed by atoms with E-state index in [1.807, 2.05) is 26.0 Å². The van der Waals surface area contributed by atoms with E-state index in [1.54, 1.807) is 29.2 Å². The highest BCUT2D eigenvalue weighted by Gasteiger charge is 2.14. The van der Waals surface area contributed by atoms with E-state index >= 15 is 0 Å². The summed E-state index contributed by atoms with van der Waals surface area (Å²) in [4.78, 5) is 16.1. The maximum atomic E-state index is 12.1. The molecule has 3 heterocycles. The van der Waals surface area contributed by atoms with Gasteiger partial charge in [0.15, 0.2) is 5.76 Å². The molecule has 0 atom stereocenters. The van der Waals surface area contributed by atoms with Gasteiger partial charge in [-0.05, 0) is 37.6 Å². The molecule has 0 unspecified atom stereocenters. The van der Waals surface area contributed by atoms with E-state index in [0.29, 0.717) is 23.9 Å². The Morgan fingerprint density at radius 2 is 2.17 bits per heavy atom. The Hall–Kier alpha value is -2.60. The highest BCUT2D eigenvalue weighted by molar-refractivity contribution is 6.31. The number of halogens is 1. The zero-order valence-electron chi connectivity index (χ0n) is 13.4. The summed E-state index contributed by atoms with van der Waals surface area (Å²) >= 11 is 6.14. The van der Waals surface area contributed by atoms with Crippen LogP contribution in [-0.2, 0) is 13.1 Å². The maximum absolute atomic E-state index is 12.1.